The van der Waals surface area contributed by atoms with Gasteiger partial charge in [-0.15, -0.1) is 0 Å². The molecule has 1 heterocycles. The van der Waals surface area contributed by atoms with E-state index in [0.717, 1.165) is 12.8 Å². The summed E-state index contributed by atoms with van der Waals surface area (Å²) in [6.45, 7) is 4.58. The van der Waals surface area contributed by atoms with Crippen LogP contribution in [0.3, 0.4) is 0 Å². The lowest BCUT2D eigenvalue weighted by molar-refractivity contribution is -0.156. The van der Waals surface area contributed by atoms with Gasteiger partial charge in [-0.2, -0.15) is 0 Å². The summed E-state index contributed by atoms with van der Waals surface area (Å²) in [4.78, 5) is 11.1. The number of carbonyl (C=O) groups excluding carboxylic acids is 1. The zero-order valence-corrected chi connectivity index (χ0v) is 7.92. The van der Waals surface area contributed by atoms with Crippen LogP contribution in [0.1, 0.15) is 26.7 Å². The van der Waals surface area contributed by atoms with Crippen LogP contribution in [0, 0.1) is 5.92 Å². The van der Waals surface area contributed by atoms with E-state index in [1.54, 1.807) is 0 Å². The fourth-order valence-corrected chi connectivity index (χ4v) is 1.36. The summed E-state index contributed by atoms with van der Waals surface area (Å²) in [5, 5.41) is 0. The Kier molecular flexibility index (Phi) is 2.73. The number of carbonyl (C=O) groups is 1. The van der Waals surface area contributed by atoms with Crippen molar-refractivity contribution in [3.8, 4) is 0 Å². The molecule has 0 aliphatic carbocycles. The molecule has 1 aliphatic heterocycles. The Morgan fingerprint density at radius 1 is 1.58 bits per heavy atom. The van der Waals surface area contributed by atoms with E-state index in [0.29, 0.717) is 6.61 Å². The fraction of sp³-hybridized carbons (Fsp3) is 0.889. The summed E-state index contributed by atoms with van der Waals surface area (Å²) in [6, 6.07) is 0. The van der Waals surface area contributed by atoms with Crippen LogP contribution >= 0.6 is 0 Å². The highest BCUT2D eigenvalue weighted by molar-refractivity contribution is 5.72. The van der Waals surface area contributed by atoms with Crippen molar-refractivity contribution in [1.29, 1.82) is 0 Å². The lowest BCUT2D eigenvalue weighted by atomic mass is 9.92. The third-order valence-electron chi connectivity index (χ3n) is 2.30. The molecule has 0 aromatic carbocycles. The smallest absolute Gasteiger partial charge is 0.311 e. The van der Waals surface area contributed by atoms with Crippen LogP contribution in [0.4, 0.5) is 0 Å². The maximum atomic E-state index is 11.1. The molecule has 12 heavy (non-hydrogen) atoms. The van der Waals surface area contributed by atoms with Crippen LogP contribution in [-0.2, 0) is 14.3 Å². The predicted molar refractivity (Wildman–Crippen MR) is 44.8 cm³/mol. The molecular weight excluding hydrogens is 156 g/mol. The highest BCUT2D eigenvalue weighted by Gasteiger charge is 2.31. The Balaban J connectivity index is 2.41. The second-order valence-electron chi connectivity index (χ2n) is 3.83. The molecule has 0 radical (unpaired) electrons. The second-order valence-corrected chi connectivity index (χ2v) is 3.83. The normalized spacial score (nSPS) is 28.1. The second kappa shape index (κ2) is 3.44. The van der Waals surface area contributed by atoms with Gasteiger partial charge in [0.15, 0.2) is 0 Å². The van der Waals surface area contributed by atoms with E-state index in [-0.39, 0.29) is 17.5 Å². The lowest BCUT2D eigenvalue weighted by Gasteiger charge is -2.33. The molecule has 0 bridgehead atoms. The van der Waals surface area contributed by atoms with Crippen molar-refractivity contribution in [3.63, 3.8) is 0 Å². The zero-order valence-electron chi connectivity index (χ0n) is 7.92. The van der Waals surface area contributed by atoms with E-state index in [9.17, 15) is 4.79 Å². The van der Waals surface area contributed by atoms with Crippen LogP contribution in [0.2, 0.25) is 0 Å². The Morgan fingerprint density at radius 2 is 2.25 bits per heavy atom. The monoisotopic (exact) mass is 172 g/mol. The first-order chi connectivity index (χ1) is 5.55. The average molecular weight is 172 g/mol. The van der Waals surface area contributed by atoms with Crippen molar-refractivity contribution in [2.75, 3.05) is 13.7 Å². The molecular formula is C9H16O3. The first kappa shape index (κ1) is 9.52. The third-order valence-corrected chi connectivity index (χ3v) is 2.30. The average Bonchev–Trinajstić information content (AvgIpc) is 2.03. The predicted octanol–water partition coefficient (Wildman–Crippen LogP) is 1.36. The van der Waals surface area contributed by atoms with Crippen molar-refractivity contribution in [1.82, 2.24) is 0 Å². The summed E-state index contributed by atoms with van der Waals surface area (Å²) >= 11 is 0. The Hall–Kier alpha value is -0.570. The summed E-state index contributed by atoms with van der Waals surface area (Å²) in [5.41, 5.74) is -0.0650. The van der Waals surface area contributed by atoms with E-state index < -0.39 is 0 Å². The van der Waals surface area contributed by atoms with Crippen molar-refractivity contribution in [2.24, 2.45) is 5.92 Å². The molecule has 3 heteroatoms. The van der Waals surface area contributed by atoms with E-state index in [4.69, 9.17) is 4.74 Å². The van der Waals surface area contributed by atoms with Crippen molar-refractivity contribution < 1.29 is 14.3 Å². The van der Waals surface area contributed by atoms with Crippen LogP contribution in [0.15, 0.2) is 0 Å². The minimum atomic E-state index is -0.148. The molecule has 1 aliphatic rings. The zero-order chi connectivity index (χ0) is 9.19. The molecule has 1 saturated heterocycles. The molecule has 1 unspecified atom stereocenters. The summed E-state index contributed by atoms with van der Waals surface area (Å²) in [7, 11) is 1.42. The molecule has 70 valence electrons. The van der Waals surface area contributed by atoms with Gasteiger partial charge in [-0.25, -0.2) is 0 Å². The van der Waals surface area contributed by atoms with E-state index in [2.05, 4.69) is 4.74 Å². The topological polar surface area (TPSA) is 35.5 Å². The Morgan fingerprint density at radius 3 is 2.67 bits per heavy atom. The van der Waals surface area contributed by atoms with Gasteiger partial charge < -0.3 is 9.47 Å². The highest BCUT2D eigenvalue weighted by atomic mass is 16.5. The van der Waals surface area contributed by atoms with Gasteiger partial charge in [0, 0.05) is 0 Å². The van der Waals surface area contributed by atoms with E-state index >= 15 is 0 Å². The van der Waals surface area contributed by atoms with Gasteiger partial charge in [0.2, 0.25) is 0 Å². The Labute approximate surface area is 73.0 Å². The van der Waals surface area contributed by atoms with Crippen molar-refractivity contribution in [3.05, 3.63) is 0 Å². The minimum absolute atomic E-state index is 0.0528. The van der Waals surface area contributed by atoms with Gasteiger partial charge >= 0.3 is 5.97 Å². The van der Waals surface area contributed by atoms with Crippen molar-refractivity contribution in [2.45, 2.75) is 32.3 Å². The van der Waals surface area contributed by atoms with Gasteiger partial charge in [-0.1, -0.05) is 0 Å². The molecule has 1 atom stereocenters. The molecule has 0 aromatic heterocycles. The number of ether oxygens (including phenoxy) is 2. The lowest BCUT2D eigenvalue weighted by Crippen LogP contribution is -2.37. The maximum Gasteiger partial charge on any atom is 0.311 e. The number of rotatable bonds is 1. The molecule has 1 rings (SSSR count). The van der Waals surface area contributed by atoms with Gasteiger partial charge in [-0.05, 0) is 26.7 Å². The summed E-state index contributed by atoms with van der Waals surface area (Å²) in [6.07, 6.45) is 1.80. The Bertz CT molecular complexity index is 165. The van der Waals surface area contributed by atoms with Gasteiger partial charge in [-0.3, -0.25) is 4.79 Å². The van der Waals surface area contributed by atoms with Gasteiger partial charge in [0.1, 0.15) is 0 Å². The number of methoxy groups -OCH3 is 1. The molecule has 1 fully saturated rings. The maximum absolute atomic E-state index is 11.1. The molecule has 0 spiro atoms. The van der Waals surface area contributed by atoms with E-state index in [1.165, 1.54) is 7.11 Å². The van der Waals surface area contributed by atoms with Gasteiger partial charge in [0.25, 0.3) is 0 Å². The SMILES string of the molecule is COC(=O)C1CCC(C)(C)OC1. The van der Waals surface area contributed by atoms with Crippen LogP contribution in [-0.4, -0.2) is 25.3 Å². The summed E-state index contributed by atoms with van der Waals surface area (Å²) in [5.74, 6) is -0.200. The quantitative estimate of drug-likeness (QED) is 0.560. The number of hydrogen-bond acceptors (Lipinski definition) is 3. The highest BCUT2D eigenvalue weighted by Crippen LogP contribution is 2.27. The molecule has 0 aromatic rings. The van der Waals surface area contributed by atoms with Crippen LogP contribution in [0.5, 0.6) is 0 Å². The third kappa shape index (κ3) is 2.21. The number of hydrogen-bond donors (Lipinski definition) is 0. The van der Waals surface area contributed by atoms with Gasteiger partial charge in [0.05, 0.1) is 25.2 Å². The van der Waals surface area contributed by atoms with Crippen LogP contribution in [0.25, 0.3) is 0 Å². The first-order valence-electron chi connectivity index (χ1n) is 4.27. The fourth-order valence-electron chi connectivity index (χ4n) is 1.36. The molecule has 3 nitrogen and oxygen atoms in total. The summed E-state index contributed by atoms with van der Waals surface area (Å²) < 4.78 is 10.1. The largest absolute Gasteiger partial charge is 0.469 e. The minimum Gasteiger partial charge on any atom is -0.469 e. The van der Waals surface area contributed by atoms with Crippen LogP contribution < -0.4 is 0 Å². The van der Waals surface area contributed by atoms with E-state index in [1.807, 2.05) is 13.8 Å². The molecule has 0 amide bonds. The molecule has 0 N–H and O–H groups in total. The van der Waals surface area contributed by atoms with Crippen molar-refractivity contribution >= 4 is 5.97 Å². The molecule has 0 saturated carbocycles. The first-order valence-corrected chi connectivity index (χ1v) is 4.27. The standard InChI is InChI=1S/C9H16O3/c1-9(2)5-4-7(6-12-9)8(10)11-3/h7H,4-6H2,1-3H3. The number of esters is 1.